The third-order valence-electron chi connectivity index (χ3n) is 2.66. The van der Waals surface area contributed by atoms with Crippen LogP contribution in [-0.4, -0.2) is 42.9 Å². The molecule has 0 heterocycles. The van der Waals surface area contributed by atoms with Gasteiger partial charge in [0.1, 0.15) is 11.6 Å². The van der Waals surface area contributed by atoms with Gasteiger partial charge in [0.2, 0.25) is 0 Å². The Bertz CT molecular complexity index is 388. The Balaban J connectivity index is 2.60. The second-order valence-electron chi connectivity index (χ2n) is 5.26. The summed E-state index contributed by atoms with van der Waals surface area (Å²) >= 11 is 0. The largest absolute Gasteiger partial charge is 0.496 e. The Morgan fingerprint density at radius 2 is 2.06 bits per heavy atom. The van der Waals surface area contributed by atoms with Gasteiger partial charge in [-0.05, 0) is 51.1 Å². The minimum absolute atomic E-state index is 0.254. The number of hydrogen-bond acceptors (Lipinski definition) is 3. The standard InChI is InChI=1S/C14H22FNO2/c1-14(2,17)10-16(3)8-7-11-9-12(15)5-6-13(11)18-4/h5-6,9,17H,7-8,10H2,1-4H3. The van der Waals surface area contributed by atoms with Crippen molar-refractivity contribution in [2.45, 2.75) is 25.9 Å². The Morgan fingerprint density at radius 3 is 2.61 bits per heavy atom. The van der Waals surface area contributed by atoms with Crippen molar-refractivity contribution in [2.75, 3.05) is 27.2 Å². The summed E-state index contributed by atoms with van der Waals surface area (Å²) in [5.41, 5.74) is 0.126. The molecule has 0 aliphatic heterocycles. The predicted molar refractivity (Wildman–Crippen MR) is 70.5 cm³/mol. The van der Waals surface area contributed by atoms with Gasteiger partial charge in [0, 0.05) is 13.1 Å². The number of nitrogens with zero attached hydrogens (tertiary/aromatic N) is 1. The molecule has 0 saturated heterocycles. The average Bonchev–Trinajstić information content (AvgIpc) is 2.24. The summed E-state index contributed by atoms with van der Waals surface area (Å²) in [6, 6.07) is 4.53. The van der Waals surface area contributed by atoms with Crippen LogP contribution in [0, 0.1) is 5.82 Å². The maximum atomic E-state index is 13.2. The second kappa shape index (κ2) is 6.16. The summed E-state index contributed by atoms with van der Waals surface area (Å²) in [6.45, 7) is 4.85. The molecule has 0 atom stereocenters. The lowest BCUT2D eigenvalue weighted by atomic mass is 10.1. The number of benzene rings is 1. The Morgan fingerprint density at radius 1 is 1.39 bits per heavy atom. The molecule has 0 spiro atoms. The SMILES string of the molecule is COc1ccc(F)cc1CCN(C)CC(C)(C)O. The van der Waals surface area contributed by atoms with Gasteiger partial charge in [0.05, 0.1) is 12.7 Å². The first-order chi connectivity index (χ1) is 8.31. The van der Waals surface area contributed by atoms with Gasteiger partial charge in [-0.3, -0.25) is 0 Å². The molecule has 102 valence electrons. The van der Waals surface area contributed by atoms with Crippen LogP contribution >= 0.6 is 0 Å². The van der Waals surface area contributed by atoms with Crippen molar-refractivity contribution in [3.63, 3.8) is 0 Å². The van der Waals surface area contributed by atoms with Crippen LogP contribution in [-0.2, 0) is 6.42 Å². The highest BCUT2D eigenvalue weighted by Gasteiger charge is 2.15. The van der Waals surface area contributed by atoms with Crippen LogP contribution in [0.4, 0.5) is 4.39 Å². The zero-order valence-electron chi connectivity index (χ0n) is 11.5. The molecule has 4 heteroatoms. The lowest BCUT2D eigenvalue weighted by molar-refractivity contribution is 0.0449. The van der Waals surface area contributed by atoms with E-state index in [9.17, 15) is 9.50 Å². The van der Waals surface area contributed by atoms with Gasteiger partial charge in [-0.2, -0.15) is 0 Å². The van der Waals surface area contributed by atoms with E-state index in [1.54, 1.807) is 27.0 Å². The molecule has 0 bridgehead atoms. The predicted octanol–water partition coefficient (Wildman–Crippen LogP) is 2.08. The normalized spacial score (nSPS) is 11.9. The van der Waals surface area contributed by atoms with Gasteiger partial charge < -0.3 is 14.7 Å². The van der Waals surface area contributed by atoms with Crippen molar-refractivity contribution in [1.82, 2.24) is 4.90 Å². The fraction of sp³-hybridized carbons (Fsp3) is 0.571. The minimum Gasteiger partial charge on any atom is -0.496 e. The molecule has 0 aliphatic rings. The second-order valence-corrected chi connectivity index (χ2v) is 5.26. The number of aliphatic hydroxyl groups is 1. The van der Waals surface area contributed by atoms with Crippen molar-refractivity contribution in [2.24, 2.45) is 0 Å². The summed E-state index contributed by atoms with van der Waals surface area (Å²) in [6.07, 6.45) is 0.688. The van der Waals surface area contributed by atoms with Crippen molar-refractivity contribution in [3.8, 4) is 5.75 Å². The molecular weight excluding hydrogens is 233 g/mol. The van der Waals surface area contributed by atoms with E-state index in [1.807, 2.05) is 11.9 Å². The topological polar surface area (TPSA) is 32.7 Å². The Hall–Kier alpha value is -1.13. The maximum Gasteiger partial charge on any atom is 0.123 e. The summed E-state index contributed by atoms with van der Waals surface area (Å²) in [7, 11) is 3.51. The van der Waals surface area contributed by atoms with Crippen molar-refractivity contribution in [3.05, 3.63) is 29.6 Å². The highest BCUT2D eigenvalue weighted by Crippen LogP contribution is 2.20. The molecule has 1 N–H and O–H groups in total. The first kappa shape index (κ1) is 14.9. The summed E-state index contributed by atoms with van der Waals surface area (Å²) in [4.78, 5) is 2.02. The van der Waals surface area contributed by atoms with E-state index in [0.29, 0.717) is 18.7 Å². The molecule has 0 aromatic heterocycles. The molecule has 1 rings (SSSR count). The fourth-order valence-electron chi connectivity index (χ4n) is 1.99. The highest BCUT2D eigenvalue weighted by molar-refractivity contribution is 5.34. The summed E-state index contributed by atoms with van der Waals surface area (Å²) in [5.74, 6) is 0.448. The van der Waals surface area contributed by atoms with Crippen LogP contribution in [0.25, 0.3) is 0 Å². The molecule has 0 aliphatic carbocycles. The van der Waals surface area contributed by atoms with Crippen LogP contribution in [0.15, 0.2) is 18.2 Å². The number of methoxy groups -OCH3 is 1. The van der Waals surface area contributed by atoms with Crippen LogP contribution in [0.3, 0.4) is 0 Å². The molecule has 3 nitrogen and oxygen atoms in total. The van der Waals surface area contributed by atoms with Crippen molar-refractivity contribution in [1.29, 1.82) is 0 Å². The Labute approximate surface area is 108 Å². The zero-order valence-corrected chi connectivity index (χ0v) is 11.5. The third kappa shape index (κ3) is 5.02. The third-order valence-corrected chi connectivity index (χ3v) is 2.66. The highest BCUT2D eigenvalue weighted by atomic mass is 19.1. The fourth-order valence-corrected chi connectivity index (χ4v) is 1.99. The van der Waals surface area contributed by atoms with Crippen molar-refractivity contribution < 1.29 is 14.2 Å². The van der Waals surface area contributed by atoms with Crippen LogP contribution < -0.4 is 4.74 Å². The lowest BCUT2D eigenvalue weighted by Gasteiger charge is -2.25. The van der Waals surface area contributed by atoms with Crippen LogP contribution in [0.1, 0.15) is 19.4 Å². The van der Waals surface area contributed by atoms with Gasteiger partial charge in [0.25, 0.3) is 0 Å². The van der Waals surface area contributed by atoms with E-state index in [-0.39, 0.29) is 5.82 Å². The van der Waals surface area contributed by atoms with E-state index in [0.717, 1.165) is 12.1 Å². The van der Waals surface area contributed by atoms with E-state index < -0.39 is 5.60 Å². The van der Waals surface area contributed by atoms with Crippen LogP contribution in [0.2, 0.25) is 0 Å². The van der Waals surface area contributed by atoms with Gasteiger partial charge in [-0.1, -0.05) is 0 Å². The van der Waals surface area contributed by atoms with Gasteiger partial charge in [-0.15, -0.1) is 0 Å². The monoisotopic (exact) mass is 255 g/mol. The van der Waals surface area contributed by atoms with E-state index in [2.05, 4.69) is 0 Å². The molecule has 1 aromatic carbocycles. The summed E-state index contributed by atoms with van der Waals surface area (Å²) in [5, 5.41) is 9.70. The zero-order chi connectivity index (χ0) is 13.8. The smallest absolute Gasteiger partial charge is 0.123 e. The molecule has 0 amide bonds. The molecule has 0 saturated carbocycles. The summed E-state index contributed by atoms with van der Waals surface area (Å²) < 4.78 is 18.4. The van der Waals surface area contributed by atoms with E-state index in [1.165, 1.54) is 12.1 Å². The lowest BCUT2D eigenvalue weighted by Crippen LogP contribution is -2.37. The minimum atomic E-state index is -0.721. The Kier molecular flexibility index (Phi) is 5.11. The number of likely N-dealkylation sites (N-methyl/N-ethyl adjacent to an activating group) is 1. The molecule has 0 radical (unpaired) electrons. The van der Waals surface area contributed by atoms with Crippen LogP contribution in [0.5, 0.6) is 5.75 Å². The molecular formula is C14H22FNO2. The van der Waals surface area contributed by atoms with Crippen molar-refractivity contribution >= 4 is 0 Å². The number of ether oxygens (including phenoxy) is 1. The molecule has 1 aromatic rings. The first-order valence-corrected chi connectivity index (χ1v) is 6.05. The quantitative estimate of drug-likeness (QED) is 0.844. The average molecular weight is 255 g/mol. The van der Waals surface area contributed by atoms with E-state index >= 15 is 0 Å². The van der Waals surface area contributed by atoms with Gasteiger partial charge in [-0.25, -0.2) is 4.39 Å². The number of hydrogen-bond donors (Lipinski definition) is 1. The molecule has 0 fully saturated rings. The molecule has 18 heavy (non-hydrogen) atoms. The van der Waals surface area contributed by atoms with Gasteiger partial charge in [0.15, 0.2) is 0 Å². The number of rotatable bonds is 6. The number of halogens is 1. The van der Waals surface area contributed by atoms with Gasteiger partial charge >= 0.3 is 0 Å². The maximum absolute atomic E-state index is 13.2. The molecule has 0 unspecified atom stereocenters. The first-order valence-electron chi connectivity index (χ1n) is 6.05. The van der Waals surface area contributed by atoms with E-state index in [4.69, 9.17) is 4.74 Å².